The van der Waals surface area contributed by atoms with E-state index in [0.29, 0.717) is 11.4 Å². The zero-order valence-corrected chi connectivity index (χ0v) is 41.2. The van der Waals surface area contributed by atoms with Crippen molar-refractivity contribution in [1.29, 1.82) is 0 Å². The molecule has 0 fully saturated rings. The Morgan fingerprint density at radius 3 is 0.852 bits per heavy atom. The number of aryl methyl sites for hydroxylation is 12. The molecule has 0 aliphatic carbocycles. The fraction of sp³-hybridized carbons (Fsp3) is 0.407. The number of halogens is 1. The number of nitrogens with two attached hydrogens (primary N) is 1. The number of rotatable bonds is 6. The standard InChI is InChI=1S/C27H35N3.C22H23ClN2.C5H13N/c1-16-10-18(3)24(19(4)11-16)22-14-23(25-20(5)12-17(2)13-21(25)6)30-26(29-22)28-15-27(7,8)9;1-12-7-14(3)20(15(4)8-12)18-11-19(25-22(23)24-18)21-16(5)9-13(2)10-17(21)6;1-5(2,3)4-6/h10-14H,15H2,1-9H3,(H,28,29,30);7-11H,1-6H3;4,6H2,1-3H3. The van der Waals surface area contributed by atoms with E-state index < -0.39 is 0 Å². The van der Waals surface area contributed by atoms with Gasteiger partial charge in [-0.25, -0.2) is 19.9 Å². The Bertz CT molecular complexity index is 2270. The second-order valence-electron chi connectivity index (χ2n) is 19.6. The molecule has 0 bridgehead atoms. The van der Waals surface area contributed by atoms with Gasteiger partial charge in [0.05, 0.1) is 22.8 Å². The van der Waals surface area contributed by atoms with Crippen molar-refractivity contribution in [2.45, 2.75) is 125 Å². The fourth-order valence-electron chi connectivity index (χ4n) is 8.14. The van der Waals surface area contributed by atoms with Crippen LogP contribution in [0.25, 0.3) is 45.0 Å². The van der Waals surface area contributed by atoms with Gasteiger partial charge in [-0.1, -0.05) is 112 Å². The number of nitrogens with zero attached hydrogens (tertiary/aromatic N) is 4. The third kappa shape index (κ3) is 13.3. The van der Waals surface area contributed by atoms with Crippen LogP contribution < -0.4 is 11.1 Å². The van der Waals surface area contributed by atoms with Crippen LogP contribution in [0.3, 0.4) is 0 Å². The van der Waals surface area contributed by atoms with Gasteiger partial charge in [0.15, 0.2) is 0 Å². The summed E-state index contributed by atoms with van der Waals surface area (Å²) in [4.78, 5) is 18.9. The maximum Gasteiger partial charge on any atom is 0.223 e. The number of hydrogen-bond acceptors (Lipinski definition) is 6. The average molecular weight is 840 g/mol. The van der Waals surface area contributed by atoms with Crippen LogP contribution in [0.15, 0.2) is 60.7 Å². The molecule has 0 amide bonds. The minimum absolute atomic E-state index is 0.144. The Hall–Kier alpha value is -4.91. The lowest BCUT2D eigenvalue weighted by Gasteiger charge is -2.20. The Balaban J connectivity index is 0.000000240. The predicted octanol–water partition coefficient (Wildman–Crippen LogP) is 14.4. The van der Waals surface area contributed by atoms with Crippen molar-refractivity contribution < 1.29 is 0 Å². The molecule has 3 N–H and O–H groups in total. The predicted molar refractivity (Wildman–Crippen MR) is 264 cm³/mol. The van der Waals surface area contributed by atoms with Crippen LogP contribution in [0.5, 0.6) is 0 Å². The van der Waals surface area contributed by atoms with E-state index in [1.807, 2.05) is 0 Å². The Morgan fingerprint density at radius 2 is 0.639 bits per heavy atom. The number of benzene rings is 4. The van der Waals surface area contributed by atoms with Crippen molar-refractivity contribution in [3.63, 3.8) is 0 Å². The first-order valence-electron chi connectivity index (χ1n) is 21.5. The lowest BCUT2D eigenvalue weighted by Crippen LogP contribution is -2.20. The van der Waals surface area contributed by atoms with Gasteiger partial charge in [0.1, 0.15) is 0 Å². The van der Waals surface area contributed by atoms with Crippen LogP contribution in [-0.2, 0) is 0 Å². The van der Waals surface area contributed by atoms with E-state index >= 15 is 0 Å². The summed E-state index contributed by atoms with van der Waals surface area (Å²) in [5.41, 5.74) is 29.0. The number of anilines is 1. The van der Waals surface area contributed by atoms with Crippen molar-refractivity contribution in [2.24, 2.45) is 16.6 Å². The van der Waals surface area contributed by atoms with Crippen LogP contribution in [0.2, 0.25) is 5.28 Å². The van der Waals surface area contributed by atoms with Gasteiger partial charge in [-0.05, 0) is 169 Å². The molecule has 61 heavy (non-hydrogen) atoms. The molecular formula is C54H71ClN6. The monoisotopic (exact) mass is 839 g/mol. The van der Waals surface area contributed by atoms with Gasteiger partial charge in [0.25, 0.3) is 0 Å². The van der Waals surface area contributed by atoms with Gasteiger partial charge < -0.3 is 11.1 Å². The first kappa shape index (κ1) is 48.8. The van der Waals surface area contributed by atoms with Gasteiger partial charge in [0, 0.05) is 28.8 Å². The van der Waals surface area contributed by atoms with Crippen LogP contribution in [0.4, 0.5) is 5.95 Å². The SMILES string of the molecule is CC(C)(C)CN.Cc1cc(C)c(-c2cc(-c3c(C)cc(C)cc3C)nc(Cl)n2)c(C)c1.Cc1cc(C)c(-c2cc(-c3c(C)cc(C)cc3C)nc(NCC(C)(C)C)n2)c(C)c1. The molecule has 2 heterocycles. The topological polar surface area (TPSA) is 89.6 Å². The van der Waals surface area contributed by atoms with E-state index in [1.54, 1.807) is 0 Å². The molecule has 4 aromatic carbocycles. The molecule has 2 aromatic heterocycles. The van der Waals surface area contributed by atoms with E-state index in [4.69, 9.17) is 27.3 Å². The van der Waals surface area contributed by atoms with E-state index in [0.717, 1.165) is 47.0 Å². The highest BCUT2D eigenvalue weighted by Gasteiger charge is 2.18. The molecule has 0 radical (unpaired) electrons. The van der Waals surface area contributed by atoms with Crippen molar-refractivity contribution in [2.75, 3.05) is 18.4 Å². The minimum Gasteiger partial charge on any atom is -0.354 e. The Kier molecular flexibility index (Phi) is 15.9. The van der Waals surface area contributed by atoms with Gasteiger partial charge >= 0.3 is 0 Å². The molecule has 0 saturated carbocycles. The summed E-state index contributed by atoms with van der Waals surface area (Å²) in [5, 5.41) is 3.77. The van der Waals surface area contributed by atoms with Gasteiger partial charge in [0.2, 0.25) is 11.2 Å². The summed E-state index contributed by atoms with van der Waals surface area (Å²) >= 11 is 6.30. The summed E-state index contributed by atoms with van der Waals surface area (Å²) in [6, 6.07) is 21.9. The highest BCUT2D eigenvalue weighted by molar-refractivity contribution is 6.28. The maximum absolute atomic E-state index is 6.30. The molecule has 6 nitrogen and oxygen atoms in total. The van der Waals surface area contributed by atoms with Crippen LogP contribution in [0.1, 0.15) is 108 Å². The number of hydrogen-bond donors (Lipinski definition) is 2. The van der Waals surface area contributed by atoms with Crippen molar-refractivity contribution in [3.05, 3.63) is 133 Å². The molecule has 0 aliphatic heterocycles. The average Bonchev–Trinajstić information content (AvgIpc) is 3.09. The van der Waals surface area contributed by atoms with Gasteiger partial charge in [-0.15, -0.1) is 0 Å². The third-order valence-corrected chi connectivity index (χ3v) is 10.7. The zero-order chi connectivity index (χ0) is 45.7. The third-order valence-electron chi connectivity index (χ3n) is 10.5. The molecule has 7 heteroatoms. The van der Waals surface area contributed by atoms with E-state index in [1.165, 1.54) is 77.9 Å². The molecule has 0 spiro atoms. The molecule has 0 unspecified atom stereocenters. The van der Waals surface area contributed by atoms with Gasteiger partial charge in [-0.2, -0.15) is 0 Å². The molecule has 6 rings (SSSR count). The van der Waals surface area contributed by atoms with E-state index in [9.17, 15) is 0 Å². The number of nitrogens with one attached hydrogen (secondary N) is 1. The quantitative estimate of drug-likeness (QED) is 0.162. The summed E-state index contributed by atoms with van der Waals surface area (Å²) in [6.07, 6.45) is 0. The summed E-state index contributed by atoms with van der Waals surface area (Å²) in [7, 11) is 0. The smallest absolute Gasteiger partial charge is 0.223 e. The Morgan fingerprint density at radius 1 is 0.410 bits per heavy atom. The molecule has 324 valence electrons. The van der Waals surface area contributed by atoms with Crippen LogP contribution in [-0.4, -0.2) is 33.0 Å². The molecule has 6 aromatic rings. The second-order valence-corrected chi connectivity index (χ2v) is 20.0. The fourth-order valence-corrected chi connectivity index (χ4v) is 8.32. The summed E-state index contributed by atoms with van der Waals surface area (Å²) < 4.78 is 0. The van der Waals surface area contributed by atoms with Crippen molar-refractivity contribution in [3.8, 4) is 45.0 Å². The molecule has 0 saturated heterocycles. The van der Waals surface area contributed by atoms with Crippen LogP contribution in [0, 0.1) is 93.9 Å². The number of aromatic nitrogens is 4. The molecule has 0 aliphatic rings. The van der Waals surface area contributed by atoms with E-state index in [2.05, 4.69) is 201 Å². The normalized spacial score (nSPS) is 11.4. The zero-order valence-electron chi connectivity index (χ0n) is 40.4. The van der Waals surface area contributed by atoms with Gasteiger partial charge in [-0.3, -0.25) is 0 Å². The Labute approximate surface area is 373 Å². The summed E-state index contributed by atoms with van der Waals surface area (Å²) in [5.74, 6) is 0.691. The second kappa shape index (κ2) is 19.9. The first-order valence-corrected chi connectivity index (χ1v) is 21.8. The lowest BCUT2D eigenvalue weighted by atomic mass is 9.94. The lowest BCUT2D eigenvalue weighted by molar-refractivity contribution is 0.428. The first-order chi connectivity index (χ1) is 28.3. The maximum atomic E-state index is 6.30. The molecular weight excluding hydrogens is 768 g/mol. The highest BCUT2D eigenvalue weighted by Crippen LogP contribution is 2.35. The highest BCUT2D eigenvalue weighted by atomic mass is 35.5. The van der Waals surface area contributed by atoms with Crippen molar-refractivity contribution in [1.82, 2.24) is 19.9 Å². The summed E-state index contributed by atoms with van der Waals surface area (Å²) in [6.45, 7) is 40.2. The van der Waals surface area contributed by atoms with E-state index in [-0.39, 0.29) is 10.7 Å². The van der Waals surface area contributed by atoms with Crippen molar-refractivity contribution >= 4 is 17.5 Å². The molecule has 0 atom stereocenters. The largest absolute Gasteiger partial charge is 0.354 e. The van der Waals surface area contributed by atoms with Crippen LogP contribution >= 0.6 is 11.6 Å². The minimum atomic E-state index is 0.144.